The number of hydrogen-bond acceptors (Lipinski definition) is 3. The van der Waals surface area contributed by atoms with Gasteiger partial charge in [-0.25, -0.2) is 0 Å². The number of aliphatic carboxylic acids is 1. The number of anilines is 1. The van der Waals surface area contributed by atoms with Gasteiger partial charge in [0.25, 0.3) is 5.97 Å². The minimum Gasteiger partial charge on any atom is -0.481 e. The first kappa shape index (κ1) is 25.0. The fourth-order valence-corrected chi connectivity index (χ4v) is 3.13. The van der Waals surface area contributed by atoms with Gasteiger partial charge in [-0.1, -0.05) is 58.2 Å². The molecule has 1 aromatic heterocycles. The molecule has 162 valence electrons. The molecule has 0 bridgehead atoms. The van der Waals surface area contributed by atoms with Gasteiger partial charge < -0.3 is 20.8 Å². The molecule has 0 atom stereocenters. The van der Waals surface area contributed by atoms with Gasteiger partial charge in [0.05, 0.1) is 5.52 Å². The molecule has 0 unspecified atom stereocenters. The van der Waals surface area contributed by atoms with E-state index in [1.165, 1.54) is 19.3 Å². The number of para-hydroxylation sites is 1. The van der Waals surface area contributed by atoms with Crippen LogP contribution in [0.15, 0.2) is 54.7 Å². The Hall–Kier alpha value is -3.08. The summed E-state index contributed by atoms with van der Waals surface area (Å²) in [6, 6.07) is 16.2. The lowest BCUT2D eigenvalue weighted by atomic mass is 10.0. The van der Waals surface area contributed by atoms with Crippen LogP contribution in [0.5, 0.6) is 0 Å². The number of carboxylic acid groups (broad SMARTS) is 1. The van der Waals surface area contributed by atoms with Crippen molar-refractivity contribution in [3.05, 3.63) is 60.3 Å². The van der Waals surface area contributed by atoms with Crippen LogP contribution < -0.4 is 5.73 Å². The number of nitrogen functional groups attached to an aromatic ring is 1. The van der Waals surface area contributed by atoms with Crippen molar-refractivity contribution in [1.82, 2.24) is 4.57 Å². The second kappa shape index (κ2) is 13.2. The zero-order valence-corrected chi connectivity index (χ0v) is 18.6. The summed E-state index contributed by atoms with van der Waals surface area (Å²) >= 11 is 0. The van der Waals surface area contributed by atoms with E-state index < -0.39 is 5.97 Å². The Bertz CT molecular complexity index is 923. The minimum absolute atomic E-state index is 0.733. The highest BCUT2D eigenvalue weighted by atomic mass is 16.4. The second-order valence-corrected chi connectivity index (χ2v) is 6.83. The van der Waals surface area contributed by atoms with Gasteiger partial charge in [-0.2, -0.15) is 0 Å². The van der Waals surface area contributed by atoms with Gasteiger partial charge in [0.2, 0.25) is 0 Å². The highest BCUT2D eigenvalue weighted by molar-refractivity contribution is 6.09. The van der Waals surface area contributed by atoms with E-state index in [1.54, 1.807) is 0 Å². The molecule has 0 aliphatic rings. The van der Waals surface area contributed by atoms with Crippen molar-refractivity contribution in [2.45, 2.75) is 59.8 Å². The van der Waals surface area contributed by atoms with Crippen molar-refractivity contribution in [2.75, 3.05) is 5.73 Å². The van der Waals surface area contributed by atoms with Gasteiger partial charge in [-0.15, -0.1) is 0 Å². The van der Waals surface area contributed by atoms with E-state index in [-0.39, 0.29) is 0 Å². The van der Waals surface area contributed by atoms with Crippen molar-refractivity contribution in [3.63, 3.8) is 0 Å². The minimum atomic E-state index is -0.833. The van der Waals surface area contributed by atoms with Gasteiger partial charge in [0.15, 0.2) is 0 Å². The SMILES string of the molecule is CC.CC(=O)O.CCCCCCC(=N)c1cn(-c2ccc(N)cc2)c2ccccc12. The number of carboxylic acids is 1. The van der Waals surface area contributed by atoms with E-state index in [1.807, 2.05) is 50.2 Å². The lowest BCUT2D eigenvalue weighted by Crippen LogP contribution is -1.98. The third-order valence-corrected chi connectivity index (χ3v) is 4.49. The Morgan fingerprint density at radius 1 is 1.03 bits per heavy atom. The van der Waals surface area contributed by atoms with Crippen molar-refractivity contribution in [3.8, 4) is 5.69 Å². The molecule has 0 saturated carbocycles. The predicted molar refractivity (Wildman–Crippen MR) is 128 cm³/mol. The molecule has 3 aromatic rings. The standard InChI is InChI=1S/C21H25N3.C2H4O2.C2H6/c1-2-3-4-5-9-20(23)19-15-24(17-13-11-16(22)12-14-17)21-10-7-6-8-18(19)21;1-2(3)4;1-2/h6-8,10-15,23H,2-5,9,22H2,1H3;1H3,(H,3,4);1-2H3. The highest BCUT2D eigenvalue weighted by Crippen LogP contribution is 2.26. The highest BCUT2D eigenvalue weighted by Gasteiger charge is 2.13. The molecule has 0 spiro atoms. The molecule has 0 saturated heterocycles. The van der Waals surface area contributed by atoms with Crippen molar-refractivity contribution < 1.29 is 9.90 Å². The van der Waals surface area contributed by atoms with Crippen LogP contribution in [0.4, 0.5) is 5.69 Å². The van der Waals surface area contributed by atoms with E-state index >= 15 is 0 Å². The molecule has 5 nitrogen and oxygen atoms in total. The maximum atomic E-state index is 9.00. The number of rotatable bonds is 7. The molecule has 3 rings (SSSR count). The van der Waals surface area contributed by atoms with Crippen LogP contribution in [0.2, 0.25) is 0 Å². The Morgan fingerprint density at radius 2 is 1.63 bits per heavy atom. The average Bonchev–Trinajstić information content (AvgIpc) is 3.13. The van der Waals surface area contributed by atoms with Gasteiger partial charge in [-0.05, 0) is 43.2 Å². The number of carbonyl (C=O) groups is 1. The number of aromatic nitrogens is 1. The molecule has 30 heavy (non-hydrogen) atoms. The molecule has 0 amide bonds. The first-order valence-electron chi connectivity index (χ1n) is 10.7. The van der Waals surface area contributed by atoms with Gasteiger partial charge in [0.1, 0.15) is 0 Å². The van der Waals surface area contributed by atoms with Gasteiger partial charge in [-0.3, -0.25) is 4.79 Å². The van der Waals surface area contributed by atoms with Gasteiger partial charge in [0, 0.05) is 41.2 Å². The van der Waals surface area contributed by atoms with Crippen LogP contribution in [-0.2, 0) is 4.79 Å². The third kappa shape index (κ3) is 7.39. The molecule has 0 aliphatic carbocycles. The van der Waals surface area contributed by atoms with E-state index in [0.717, 1.165) is 53.3 Å². The molecule has 0 fully saturated rings. The van der Waals surface area contributed by atoms with Crippen molar-refractivity contribution >= 4 is 28.3 Å². The van der Waals surface area contributed by atoms with E-state index in [0.29, 0.717) is 0 Å². The molecule has 0 radical (unpaired) electrons. The van der Waals surface area contributed by atoms with E-state index in [9.17, 15) is 0 Å². The average molecular weight is 410 g/mol. The summed E-state index contributed by atoms with van der Waals surface area (Å²) in [5, 5.41) is 17.1. The van der Waals surface area contributed by atoms with Crippen molar-refractivity contribution in [2.24, 2.45) is 0 Å². The Labute approximate surface area is 180 Å². The third-order valence-electron chi connectivity index (χ3n) is 4.49. The number of nitrogens with one attached hydrogen (secondary N) is 1. The zero-order chi connectivity index (χ0) is 22.5. The maximum Gasteiger partial charge on any atom is 0.300 e. The monoisotopic (exact) mass is 409 g/mol. The predicted octanol–water partition coefficient (Wildman–Crippen LogP) is 6.67. The molecule has 4 N–H and O–H groups in total. The number of fused-ring (bicyclic) bond motifs is 1. The van der Waals surface area contributed by atoms with Crippen LogP contribution in [-0.4, -0.2) is 21.4 Å². The molecular formula is C25H35N3O2. The smallest absolute Gasteiger partial charge is 0.300 e. The van der Waals surface area contributed by atoms with E-state index in [2.05, 4.69) is 29.8 Å². The van der Waals surface area contributed by atoms with Crippen LogP contribution in [0, 0.1) is 5.41 Å². The van der Waals surface area contributed by atoms with Crippen LogP contribution in [0.3, 0.4) is 0 Å². The number of unbranched alkanes of at least 4 members (excludes halogenated alkanes) is 3. The number of hydrogen-bond donors (Lipinski definition) is 3. The first-order chi connectivity index (χ1) is 14.4. The molecule has 5 heteroatoms. The summed E-state index contributed by atoms with van der Waals surface area (Å²) < 4.78 is 2.16. The molecule has 1 heterocycles. The van der Waals surface area contributed by atoms with Gasteiger partial charge >= 0.3 is 0 Å². The quantitative estimate of drug-likeness (QED) is 0.231. The Balaban J connectivity index is 0.000000673. The number of benzene rings is 2. The fourth-order valence-electron chi connectivity index (χ4n) is 3.13. The molecule has 0 aliphatic heterocycles. The molecule has 2 aromatic carbocycles. The molecular weight excluding hydrogens is 374 g/mol. The summed E-state index contributed by atoms with van der Waals surface area (Å²) in [5.41, 5.74) is 10.6. The van der Waals surface area contributed by atoms with Crippen LogP contribution in [0.1, 0.15) is 65.4 Å². The largest absolute Gasteiger partial charge is 0.481 e. The van der Waals surface area contributed by atoms with Crippen molar-refractivity contribution in [1.29, 1.82) is 5.41 Å². The second-order valence-electron chi connectivity index (χ2n) is 6.83. The van der Waals surface area contributed by atoms with Crippen LogP contribution >= 0.6 is 0 Å². The van der Waals surface area contributed by atoms with E-state index in [4.69, 9.17) is 21.0 Å². The Kier molecular flexibility index (Phi) is 11.0. The lowest BCUT2D eigenvalue weighted by molar-refractivity contribution is -0.134. The summed E-state index contributed by atoms with van der Waals surface area (Å²) in [6.45, 7) is 7.30. The lowest BCUT2D eigenvalue weighted by Gasteiger charge is -2.05. The topological polar surface area (TPSA) is 92.1 Å². The Morgan fingerprint density at radius 3 is 2.23 bits per heavy atom. The summed E-state index contributed by atoms with van der Waals surface area (Å²) in [7, 11) is 0. The summed E-state index contributed by atoms with van der Waals surface area (Å²) in [5.74, 6) is -0.833. The summed E-state index contributed by atoms with van der Waals surface area (Å²) in [6.07, 6.45) is 7.71. The normalized spacial score (nSPS) is 9.87. The maximum absolute atomic E-state index is 9.00. The number of nitrogens with two attached hydrogens (primary N) is 1. The first-order valence-corrected chi connectivity index (χ1v) is 10.7. The zero-order valence-electron chi connectivity index (χ0n) is 18.6. The summed E-state index contributed by atoms with van der Waals surface area (Å²) in [4.78, 5) is 9.00. The fraction of sp³-hybridized carbons (Fsp3) is 0.360. The van der Waals surface area contributed by atoms with Crippen LogP contribution in [0.25, 0.3) is 16.6 Å². The number of nitrogens with zero attached hydrogens (tertiary/aromatic N) is 1.